The minimum absolute atomic E-state index is 0.0136. The monoisotopic (exact) mass is 280 g/mol. The summed E-state index contributed by atoms with van der Waals surface area (Å²) in [5.74, 6) is 0.453. The van der Waals surface area contributed by atoms with Crippen LogP contribution in [-0.4, -0.2) is 23.0 Å². The van der Waals surface area contributed by atoms with Crippen molar-refractivity contribution < 1.29 is 9.53 Å². The lowest BCUT2D eigenvalue weighted by molar-refractivity contribution is -0.135. The second-order valence-electron chi connectivity index (χ2n) is 5.75. The molecular weight excluding hydrogens is 260 g/mol. The third-order valence-corrected chi connectivity index (χ3v) is 5.11. The van der Waals surface area contributed by atoms with Crippen LogP contribution < -0.4 is 5.73 Å². The number of nitrogen functional groups attached to an aromatic ring is 1. The highest BCUT2D eigenvalue weighted by molar-refractivity contribution is 7.13. The lowest BCUT2D eigenvalue weighted by Gasteiger charge is -2.37. The van der Waals surface area contributed by atoms with Crippen molar-refractivity contribution in [2.75, 3.05) is 12.3 Å². The number of ketones is 1. The molecule has 104 valence electrons. The zero-order chi connectivity index (χ0) is 13.3. The molecule has 1 aromatic heterocycles. The fourth-order valence-corrected chi connectivity index (χ4v) is 3.96. The van der Waals surface area contributed by atoms with Gasteiger partial charge in [0.15, 0.2) is 5.13 Å². The van der Waals surface area contributed by atoms with Gasteiger partial charge < -0.3 is 10.5 Å². The summed E-state index contributed by atoms with van der Waals surface area (Å²) in [6.45, 7) is 0.732. The third-order valence-electron chi connectivity index (χ3n) is 4.39. The average molecular weight is 280 g/mol. The van der Waals surface area contributed by atoms with Crippen molar-refractivity contribution in [3.05, 3.63) is 11.1 Å². The van der Waals surface area contributed by atoms with E-state index in [1.54, 1.807) is 0 Å². The van der Waals surface area contributed by atoms with Crippen LogP contribution in [0.2, 0.25) is 0 Å². The van der Waals surface area contributed by atoms with Crippen molar-refractivity contribution in [1.29, 1.82) is 0 Å². The molecule has 4 nitrogen and oxygen atoms in total. The van der Waals surface area contributed by atoms with Gasteiger partial charge in [0.05, 0.1) is 11.3 Å². The molecule has 1 saturated carbocycles. The number of carbonyl (C=O) groups excluding carboxylic acids is 1. The van der Waals surface area contributed by atoms with Crippen LogP contribution in [0.4, 0.5) is 5.13 Å². The Balaban J connectivity index is 1.63. The van der Waals surface area contributed by atoms with Crippen molar-refractivity contribution in [3.8, 4) is 0 Å². The molecule has 0 amide bonds. The van der Waals surface area contributed by atoms with E-state index in [0.717, 1.165) is 38.0 Å². The first-order valence-corrected chi connectivity index (χ1v) is 7.91. The highest BCUT2D eigenvalue weighted by atomic mass is 32.1. The lowest BCUT2D eigenvalue weighted by atomic mass is 9.81. The van der Waals surface area contributed by atoms with Crippen molar-refractivity contribution >= 4 is 22.3 Å². The van der Waals surface area contributed by atoms with Gasteiger partial charge in [0.1, 0.15) is 5.78 Å². The van der Waals surface area contributed by atoms with Crippen LogP contribution in [0.1, 0.15) is 44.2 Å². The number of nitrogens with two attached hydrogens (primary N) is 1. The van der Waals surface area contributed by atoms with Gasteiger partial charge in [-0.3, -0.25) is 4.79 Å². The van der Waals surface area contributed by atoms with Crippen LogP contribution in [0, 0.1) is 5.92 Å². The molecule has 1 aliphatic heterocycles. The molecule has 1 aliphatic carbocycles. The highest BCUT2D eigenvalue weighted by Crippen LogP contribution is 2.42. The number of hydrogen-bond acceptors (Lipinski definition) is 5. The second-order valence-corrected chi connectivity index (χ2v) is 6.64. The molecule has 2 heterocycles. The Morgan fingerprint density at radius 2 is 2.32 bits per heavy atom. The molecule has 1 saturated heterocycles. The Labute approximate surface area is 117 Å². The first-order chi connectivity index (χ1) is 9.17. The Hall–Kier alpha value is -0.940. The highest BCUT2D eigenvalue weighted by Gasteiger charge is 2.41. The predicted octanol–water partition coefficient (Wildman–Crippen LogP) is 2.58. The maximum atomic E-state index is 12.4. The third kappa shape index (κ3) is 2.82. The zero-order valence-corrected chi connectivity index (χ0v) is 11.9. The van der Waals surface area contributed by atoms with Crippen LogP contribution in [0.25, 0.3) is 0 Å². The molecule has 2 fully saturated rings. The second kappa shape index (κ2) is 5.21. The van der Waals surface area contributed by atoms with Crippen LogP contribution >= 0.6 is 11.3 Å². The van der Waals surface area contributed by atoms with E-state index in [1.165, 1.54) is 24.2 Å². The molecule has 2 aliphatic rings. The molecule has 0 aromatic carbocycles. The quantitative estimate of drug-likeness (QED) is 0.924. The topological polar surface area (TPSA) is 65.2 Å². The van der Waals surface area contributed by atoms with Gasteiger partial charge in [-0.2, -0.15) is 0 Å². The fraction of sp³-hybridized carbons (Fsp3) is 0.714. The maximum Gasteiger partial charge on any atom is 0.180 e. The number of Topliss-reactive ketones (excluding diaryl/α,β-unsaturated/α-hetero) is 1. The molecule has 1 aromatic rings. The minimum atomic E-state index is 0.0136. The summed E-state index contributed by atoms with van der Waals surface area (Å²) in [5, 5.41) is 2.43. The largest absolute Gasteiger partial charge is 0.375 e. The van der Waals surface area contributed by atoms with E-state index in [0.29, 0.717) is 17.3 Å². The number of rotatable bonds is 3. The number of anilines is 1. The van der Waals surface area contributed by atoms with Crippen molar-refractivity contribution in [1.82, 2.24) is 4.98 Å². The summed E-state index contributed by atoms with van der Waals surface area (Å²) in [6, 6.07) is 0. The van der Waals surface area contributed by atoms with Crippen LogP contribution in [0.5, 0.6) is 0 Å². The molecule has 3 rings (SSSR count). The molecule has 0 radical (unpaired) electrons. The number of hydrogen-bond donors (Lipinski definition) is 1. The van der Waals surface area contributed by atoms with Gasteiger partial charge in [-0.1, -0.05) is 12.8 Å². The first kappa shape index (κ1) is 13.1. The van der Waals surface area contributed by atoms with Crippen molar-refractivity contribution in [2.45, 2.75) is 50.5 Å². The van der Waals surface area contributed by atoms with Gasteiger partial charge in [0, 0.05) is 24.3 Å². The lowest BCUT2D eigenvalue weighted by Crippen LogP contribution is -2.40. The van der Waals surface area contributed by atoms with E-state index < -0.39 is 0 Å². The summed E-state index contributed by atoms with van der Waals surface area (Å²) in [7, 11) is 0. The normalized spacial score (nSPS) is 25.8. The number of nitrogens with zero attached hydrogens (tertiary/aromatic N) is 1. The molecule has 19 heavy (non-hydrogen) atoms. The van der Waals surface area contributed by atoms with E-state index in [4.69, 9.17) is 10.5 Å². The van der Waals surface area contributed by atoms with E-state index in [-0.39, 0.29) is 11.5 Å². The van der Waals surface area contributed by atoms with Gasteiger partial charge in [-0.05, 0) is 25.7 Å². The minimum Gasteiger partial charge on any atom is -0.375 e. The van der Waals surface area contributed by atoms with E-state index in [9.17, 15) is 4.79 Å². The van der Waals surface area contributed by atoms with Gasteiger partial charge in [-0.15, -0.1) is 11.3 Å². The standard InChI is InChI=1S/C14H20N2O2S/c15-13-16-11(9-19-13)7-12(17)10-3-6-18-14(8-10)4-1-2-5-14/h9-10H,1-8H2,(H2,15,16). The molecular formula is C14H20N2O2S. The van der Waals surface area contributed by atoms with Crippen molar-refractivity contribution in [2.24, 2.45) is 5.92 Å². The van der Waals surface area contributed by atoms with Gasteiger partial charge in [0.2, 0.25) is 0 Å². The van der Waals surface area contributed by atoms with Crippen LogP contribution in [0.15, 0.2) is 5.38 Å². The Bertz CT molecular complexity index is 466. The summed E-state index contributed by atoms with van der Waals surface area (Å²) >= 11 is 1.40. The number of carbonyl (C=O) groups is 1. The zero-order valence-electron chi connectivity index (χ0n) is 11.1. The summed E-state index contributed by atoms with van der Waals surface area (Å²) < 4.78 is 5.98. The number of thiazole rings is 1. The molecule has 2 N–H and O–H groups in total. The smallest absolute Gasteiger partial charge is 0.180 e. The summed E-state index contributed by atoms with van der Waals surface area (Å²) in [6.07, 6.45) is 6.92. The molecule has 1 atom stereocenters. The summed E-state index contributed by atoms with van der Waals surface area (Å²) in [5.41, 5.74) is 6.44. The molecule has 5 heteroatoms. The predicted molar refractivity (Wildman–Crippen MR) is 75.1 cm³/mol. The van der Waals surface area contributed by atoms with E-state index in [2.05, 4.69) is 4.98 Å². The molecule has 0 bridgehead atoms. The Kier molecular flexibility index (Phi) is 3.58. The first-order valence-electron chi connectivity index (χ1n) is 7.03. The van der Waals surface area contributed by atoms with Gasteiger partial charge in [-0.25, -0.2) is 4.98 Å². The Morgan fingerprint density at radius 3 is 3.00 bits per heavy atom. The maximum absolute atomic E-state index is 12.4. The molecule has 1 unspecified atom stereocenters. The summed E-state index contributed by atoms with van der Waals surface area (Å²) in [4.78, 5) is 16.6. The number of aromatic nitrogens is 1. The van der Waals surface area contributed by atoms with Gasteiger partial charge >= 0.3 is 0 Å². The molecule has 1 spiro atoms. The van der Waals surface area contributed by atoms with Crippen molar-refractivity contribution in [3.63, 3.8) is 0 Å². The Morgan fingerprint density at radius 1 is 1.53 bits per heavy atom. The van der Waals surface area contributed by atoms with E-state index >= 15 is 0 Å². The van der Waals surface area contributed by atoms with Crippen LogP contribution in [0.3, 0.4) is 0 Å². The SMILES string of the molecule is Nc1nc(CC(=O)C2CCOC3(CCCC3)C2)cs1. The van der Waals surface area contributed by atoms with Gasteiger partial charge in [0.25, 0.3) is 0 Å². The number of ether oxygens (including phenoxy) is 1. The fourth-order valence-electron chi connectivity index (χ4n) is 3.40. The van der Waals surface area contributed by atoms with Crippen LogP contribution in [-0.2, 0) is 16.0 Å². The van der Waals surface area contributed by atoms with E-state index in [1.807, 2.05) is 5.38 Å². The average Bonchev–Trinajstić information content (AvgIpc) is 3.00.